The lowest BCUT2D eigenvalue weighted by atomic mass is 9.87. The van der Waals surface area contributed by atoms with Gasteiger partial charge in [0.1, 0.15) is 0 Å². The Morgan fingerprint density at radius 2 is 0.424 bits per heavy atom. The van der Waals surface area contributed by atoms with Gasteiger partial charge in [0.2, 0.25) is 0 Å². The molecule has 0 fully saturated rings. The Morgan fingerprint density at radius 1 is 0.136 bits per heavy atom. The monoisotopic (exact) mass is 834 g/mol. The molecule has 0 aliphatic rings. The standard InChI is InChI=1S/C66H42/c1-5-15-47-31-51(25-21-43(47)11-1)57-35-58(52-26-22-44-12-2-6-16-48(44)32-52)37-59(36-57)55-29-30-56-42-66(64-20-10-9-19-63(64)65(56)41-55)62-39-60(53-27-23-45-13-3-7-17-49(45)33-53)38-61(40-62)54-28-24-46-14-4-8-18-50(46)34-54/h1-42H. The topological polar surface area (TPSA) is 0 Å². The highest BCUT2D eigenvalue weighted by molar-refractivity contribution is 6.15. The second kappa shape index (κ2) is 15.6. The highest BCUT2D eigenvalue weighted by Crippen LogP contribution is 2.42. The smallest absolute Gasteiger partial charge is 0.00986 e. The summed E-state index contributed by atoms with van der Waals surface area (Å²) < 4.78 is 0. The molecule has 0 saturated heterocycles. The lowest BCUT2D eigenvalue weighted by Gasteiger charge is -2.16. The van der Waals surface area contributed by atoms with Crippen molar-refractivity contribution in [1.29, 1.82) is 0 Å². The van der Waals surface area contributed by atoms with E-state index < -0.39 is 0 Å². The van der Waals surface area contributed by atoms with Crippen molar-refractivity contribution in [2.45, 2.75) is 0 Å². The maximum atomic E-state index is 2.41. The second-order valence-electron chi connectivity index (χ2n) is 17.8. The summed E-state index contributed by atoms with van der Waals surface area (Å²) in [4.78, 5) is 0. The van der Waals surface area contributed by atoms with Crippen LogP contribution in [-0.2, 0) is 0 Å². The van der Waals surface area contributed by atoms with Gasteiger partial charge in [0.05, 0.1) is 0 Å². The third kappa shape index (κ3) is 6.79. The Kier molecular flexibility index (Phi) is 8.96. The van der Waals surface area contributed by atoms with Crippen LogP contribution in [0.1, 0.15) is 0 Å². The minimum Gasteiger partial charge on any atom is -0.0616 e. The van der Waals surface area contributed by atoms with Crippen molar-refractivity contribution in [3.8, 4) is 66.8 Å². The zero-order chi connectivity index (χ0) is 43.6. The van der Waals surface area contributed by atoms with Gasteiger partial charge in [-0.1, -0.05) is 182 Å². The maximum Gasteiger partial charge on any atom is -0.00986 e. The Hall–Kier alpha value is -8.58. The number of rotatable bonds is 6. The quantitative estimate of drug-likeness (QED) is 0.146. The van der Waals surface area contributed by atoms with Gasteiger partial charge in [-0.25, -0.2) is 0 Å². The summed E-state index contributed by atoms with van der Waals surface area (Å²) in [6.07, 6.45) is 0. The first-order valence-corrected chi connectivity index (χ1v) is 22.9. The van der Waals surface area contributed by atoms with Gasteiger partial charge in [-0.05, 0) is 204 Å². The van der Waals surface area contributed by atoms with Crippen molar-refractivity contribution in [3.63, 3.8) is 0 Å². The molecule has 0 N–H and O–H groups in total. The molecular weight excluding hydrogens is 793 g/mol. The largest absolute Gasteiger partial charge is 0.0616 e. The lowest BCUT2D eigenvalue weighted by Crippen LogP contribution is -1.90. The first-order chi connectivity index (χ1) is 32.6. The van der Waals surface area contributed by atoms with E-state index in [2.05, 4.69) is 255 Å². The minimum absolute atomic E-state index is 1.20. The Balaban J connectivity index is 0.985. The van der Waals surface area contributed by atoms with Gasteiger partial charge in [0.15, 0.2) is 0 Å². The van der Waals surface area contributed by atoms with Crippen molar-refractivity contribution < 1.29 is 0 Å². The van der Waals surface area contributed by atoms with Crippen molar-refractivity contribution in [3.05, 3.63) is 255 Å². The molecule has 0 unspecified atom stereocenters. The third-order valence-corrected chi connectivity index (χ3v) is 13.7. The van der Waals surface area contributed by atoms with E-state index in [9.17, 15) is 0 Å². The van der Waals surface area contributed by atoms with E-state index in [1.807, 2.05) is 0 Å². The highest BCUT2D eigenvalue weighted by atomic mass is 14.2. The van der Waals surface area contributed by atoms with Crippen molar-refractivity contribution in [1.82, 2.24) is 0 Å². The highest BCUT2D eigenvalue weighted by Gasteiger charge is 2.15. The molecular formula is C66H42. The minimum atomic E-state index is 1.20. The number of benzene rings is 13. The maximum absolute atomic E-state index is 2.41. The molecule has 0 aliphatic carbocycles. The van der Waals surface area contributed by atoms with Crippen LogP contribution < -0.4 is 0 Å². The van der Waals surface area contributed by atoms with Crippen LogP contribution in [0.3, 0.4) is 0 Å². The summed E-state index contributed by atoms with van der Waals surface area (Å²) in [6, 6.07) is 94.6. The van der Waals surface area contributed by atoms with Crippen molar-refractivity contribution in [2.24, 2.45) is 0 Å². The molecule has 306 valence electrons. The van der Waals surface area contributed by atoms with E-state index in [1.165, 1.54) is 131 Å². The van der Waals surface area contributed by atoms with Crippen LogP contribution in [0.2, 0.25) is 0 Å². The zero-order valence-corrected chi connectivity index (χ0v) is 36.2. The molecule has 0 aliphatic heterocycles. The SMILES string of the molecule is c1ccc2cc(-c3cc(-c4ccc5ccccc5c4)cc(-c4ccc5cc(-c6cc(-c7ccc8ccccc8c7)cc(-c7ccc8ccccc8c7)c6)c6ccccc6c5c4)c3)ccc2c1. The number of hydrogen-bond donors (Lipinski definition) is 0. The molecule has 0 bridgehead atoms. The van der Waals surface area contributed by atoms with Gasteiger partial charge in [-0.2, -0.15) is 0 Å². The lowest BCUT2D eigenvalue weighted by molar-refractivity contribution is 1.59. The van der Waals surface area contributed by atoms with Crippen molar-refractivity contribution in [2.75, 3.05) is 0 Å². The van der Waals surface area contributed by atoms with Crippen LogP contribution in [0, 0.1) is 0 Å². The summed E-state index contributed by atoms with van der Waals surface area (Å²) >= 11 is 0. The predicted octanol–water partition coefficient (Wildman–Crippen LogP) is 18.6. The van der Waals surface area contributed by atoms with Gasteiger partial charge in [0, 0.05) is 0 Å². The molecule has 13 rings (SSSR count). The Bertz CT molecular complexity index is 3860. The molecule has 0 heteroatoms. The molecule has 0 nitrogen and oxygen atoms in total. The van der Waals surface area contributed by atoms with Crippen molar-refractivity contribution >= 4 is 64.6 Å². The van der Waals surface area contributed by atoms with Gasteiger partial charge >= 0.3 is 0 Å². The molecule has 0 saturated carbocycles. The van der Waals surface area contributed by atoms with E-state index in [0.29, 0.717) is 0 Å². The molecule has 0 aromatic heterocycles. The van der Waals surface area contributed by atoms with E-state index in [4.69, 9.17) is 0 Å². The van der Waals surface area contributed by atoms with Gasteiger partial charge in [0.25, 0.3) is 0 Å². The van der Waals surface area contributed by atoms with Crippen LogP contribution >= 0.6 is 0 Å². The zero-order valence-electron chi connectivity index (χ0n) is 36.2. The summed E-state index contributed by atoms with van der Waals surface area (Å²) in [5, 5.41) is 14.9. The van der Waals surface area contributed by atoms with Gasteiger partial charge < -0.3 is 0 Å². The normalized spacial score (nSPS) is 11.6. The Morgan fingerprint density at radius 3 is 0.803 bits per heavy atom. The summed E-state index contributed by atoms with van der Waals surface area (Å²) in [6.45, 7) is 0. The summed E-state index contributed by atoms with van der Waals surface area (Å²) in [5.41, 5.74) is 14.5. The number of fused-ring (bicyclic) bond motifs is 7. The first-order valence-electron chi connectivity index (χ1n) is 22.9. The second-order valence-corrected chi connectivity index (χ2v) is 17.8. The third-order valence-electron chi connectivity index (χ3n) is 13.7. The van der Waals surface area contributed by atoms with Crippen LogP contribution in [0.5, 0.6) is 0 Å². The molecule has 0 spiro atoms. The summed E-state index contributed by atoms with van der Waals surface area (Å²) in [7, 11) is 0. The Labute approximate surface area is 384 Å². The van der Waals surface area contributed by atoms with E-state index in [-0.39, 0.29) is 0 Å². The molecule has 0 heterocycles. The molecule has 0 atom stereocenters. The fourth-order valence-corrected chi connectivity index (χ4v) is 10.2. The van der Waals surface area contributed by atoms with Crippen LogP contribution in [0.4, 0.5) is 0 Å². The van der Waals surface area contributed by atoms with Gasteiger partial charge in [-0.15, -0.1) is 0 Å². The molecule has 66 heavy (non-hydrogen) atoms. The number of hydrogen-bond acceptors (Lipinski definition) is 0. The molecule has 0 amide bonds. The molecule has 13 aromatic rings. The van der Waals surface area contributed by atoms with E-state index in [0.717, 1.165) is 0 Å². The van der Waals surface area contributed by atoms with E-state index in [1.54, 1.807) is 0 Å². The predicted molar refractivity (Wildman–Crippen MR) is 284 cm³/mol. The van der Waals surface area contributed by atoms with Gasteiger partial charge in [-0.3, -0.25) is 0 Å². The van der Waals surface area contributed by atoms with Crippen LogP contribution in [0.25, 0.3) is 131 Å². The average molecular weight is 835 g/mol. The fraction of sp³-hybridized carbons (Fsp3) is 0. The van der Waals surface area contributed by atoms with E-state index >= 15 is 0 Å². The molecule has 13 aromatic carbocycles. The molecule has 0 radical (unpaired) electrons. The van der Waals surface area contributed by atoms with Crippen LogP contribution in [-0.4, -0.2) is 0 Å². The van der Waals surface area contributed by atoms with Crippen LogP contribution in [0.15, 0.2) is 255 Å². The average Bonchev–Trinajstić information content (AvgIpc) is 3.39. The fourth-order valence-electron chi connectivity index (χ4n) is 10.2. The first kappa shape index (κ1) is 37.9. The summed E-state index contributed by atoms with van der Waals surface area (Å²) in [5.74, 6) is 0.